The van der Waals surface area contributed by atoms with Crippen LogP contribution in [0.15, 0.2) is 0 Å². The second-order valence-electron chi connectivity index (χ2n) is 4.43. The third-order valence-electron chi connectivity index (χ3n) is 2.79. The summed E-state index contributed by atoms with van der Waals surface area (Å²) in [5, 5.41) is 27.1. The van der Waals surface area contributed by atoms with Crippen LogP contribution in [0.25, 0.3) is 0 Å². The van der Waals surface area contributed by atoms with Crippen LogP contribution < -0.4 is 0 Å². The van der Waals surface area contributed by atoms with E-state index in [9.17, 15) is 15.0 Å². The van der Waals surface area contributed by atoms with Crippen LogP contribution in [-0.2, 0) is 4.79 Å². The zero-order valence-electron chi connectivity index (χ0n) is 10.3. The quantitative estimate of drug-likeness (QED) is 0.417. The van der Waals surface area contributed by atoms with E-state index in [-0.39, 0.29) is 6.42 Å². The molecule has 0 amide bonds. The molecule has 1 atom stereocenters. The van der Waals surface area contributed by atoms with Gasteiger partial charge in [0.2, 0.25) is 0 Å². The first-order valence-electron chi connectivity index (χ1n) is 6.10. The SMILES string of the molecule is CCCCCCCCC(O)(CC(=O)O)C(O)=S. The van der Waals surface area contributed by atoms with Gasteiger partial charge >= 0.3 is 5.97 Å². The van der Waals surface area contributed by atoms with Crippen LogP contribution in [-0.4, -0.2) is 31.9 Å². The van der Waals surface area contributed by atoms with Crippen molar-refractivity contribution < 1.29 is 20.1 Å². The highest BCUT2D eigenvalue weighted by Gasteiger charge is 2.34. The molecular weight excluding hydrogens is 240 g/mol. The summed E-state index contributed by atoms with van der Waals surface area (Å²) in [5.41, 5.74) is -1.74. The fourth-order valence-electron chi connectivity index (χ4n) is 1.72. The number of aliphatic hydroxyl groups is 2. The second kappa shape index (κ2) is 8.42. The lowest BCUT2D eigenvalue weighted by Gasteiger charge is -2.23. The molecule has 0 aromatic carbocycles. The summed E-state index contributed by atoms with van der Waals surface area (Å²) < 4.78 is 0. The molecule has 0 heterocycles. The van der Waals surface area contributed by atoms with Crippen molar-refractivity contribution in [2.75, 3.05) is 0 Å². The summed E-state index contributed by atoms with van der Waals surface area (Å²) in [6, 6.07) is 0. The van der Waals surface area contributed by atoms with Crippen LogP contribution in [0.4, 0.5) is 0 Å². The first-order chi connectivity index (χ1) is 7.92. The van der Waals surface area contributed by atoms with E-state index in [1.165, 1.54) is 12.8 Å². The minimum Gasteiger partial charge on any atom is -0.500 e. The number of rotatable bonds is 10. The van der Waals surface area contributed by atoms with Crippen molar-refractivity contribution in [2.45, 2.75) is 63.9 Å². The molecule has 0 saturated carbocycles. The summed E-state index contributed by atoms with van der Waals surface area (Å²) in [6.07, 6.45) is 5.85. The minimum atomic E-state index is -1.74. The first kappa shape index (κ1) is 16.3. The van der Waals surface area contributed by atoms with E-state index in [1.807, 2.05) is 0 Å². The topological polar surface area (TPSA) is 77.8 Å². The van der Waals surface area contributed by atoms with E-state index in [2.05, 4.69) is 19.1 Å². The Morgan fingerprint density at radius 2 is 1.65 bits per heavy atom. The van der Waals surface area contributed by atoms with E-state index in [0.29, 0.717) is 6.42 Å². The van der Waals surface area contributed by atoms with Crippen LogP contribution in [0.1, 0.15) is 58.3 Å². The smallest absolute Gasteiger partial charge is 0.306 e. The lowest BCUT2D eigenvalue weighted by atomic mass is 9.93. The van der Waals surface area contributed by atoms with E-state index in [4.69, 9.17) is 5.11 Å². The summed E-state index contributed by atoms with van der Waals surface area (Å²) in [7, 11) is 0. The number of hydrogen-bond acceptors (Lipinski definition) is 3. The standard InChI is InChI=1S/C12H22O4S/c1-2-3-4-5-6-7-8-12(16,11(15)17)9-10(13)14/h16H,2-9H2,1H3,(H,13,14)(H,15,17). The number of unbranched alkanes of at least 4 members (excludes halogenated alkanes) is 5. The third-order valence-corrected chi connectivity index (χ3v) is 3.17. The zero-order chi connectivity index (χ0) is 13.3. The van der Waals surface area contributed by atoms with Crippen LogP contribution in [0.2, 0.25) is 0 Å². The van der Waals surface area contributed by atoms with E-state index < -0.39 is 23.0 Å². The van der Waals surface area contributed by atoms with Crippen molar-refractivity contribution in [3.63, 3.8) is 0 Å². The lowest BCUT2D eigenvalue weighted by Crippen LogP contribution is -2.39. The first-order valence-corrected chi connectivity index (χ1v) is 6.51. The molecule has 0 fully saturated rings. The van der Waals surface area contributed by atoms with Crippen LogP contribution in [0.3, 0.4) is 0 Å². The van der Waals surface area contributed by atoms with Crippen LogP contribution in [0, 0.1) is 0 Å². The molecule has 100 valence electrons. The number of carboxylic acid groups (broad SMARTS) is 1. The molecule has 0 bridgehead atoms. The number of carbonyl (C=O) groups is 1. The number of aliphatic hydroxyl groups excluding tert-OH is 1. The summed E-state index contributed by atoms with van der Waals surface area (Å²) >= 11 is 4.51. The van der Waals surface area contributed by atoms with Gasteiger partial charge in [-0.3, -0.25) is 4.79 Å². The van der Waals surface area contributed by atoms with Gasteiger partial charge in [0.05, 0.1) is 6.42 Å². The third kappa shape index (κ3) is 7.28. The van der Waals surface area contributed by atoms with E-state index >= 15 is 0 Å². The van der Waals surface area contributed by atoms with Crippen molar-refractivity contribution in [2.24, 2.45) is 0 Å². The van der Waals surface area contributed by atoms with Gasteiger partial charge in [0, 0.05) is 0 Å². The molecule has 0 aromatic rings. The molecule has 0 aliphatic carbocycles. The van der Waals surface area contributed by atoms with Crippen molar-refractivity contribution in [1.29, 1.82) is 0 Å². The fourth-order valence-corrected chi connectivity index (χ4v) is 1.89. The molecule has 0 aliphatic rings. The monoisotopic (exact) mass is 262 g/mol. The summed E-state index contributed by atoms with van der Waals surface area (Å²) in [5.74, 6) is -1.16. The number of carboxylic acids is 1. The molecule has 1 unspecified atom stereocenters. The Morgan fingerprint density at radius 3 is 2.12 bits per heavy atom. The molecule has 0 rings (SSSR count). The molecule has 0 radical (unpaired) electrons. The molecule has 0 saturated heterocycles. The highest BCUT2D eigenvalue weighted by molar-refractivity contribution is 7.80. The molecule has 3 N–H and O–H groups in total. The van der Waals surface area contributed by atoms with Gasteiger partial charge < -0.3 is 15.3 Å². The van der Waals surface area contributed by atoms with Crippen molar-refractivity contribution >= 4 is 23.2 Å². The van der Waals surface area contributed by atoms with Gasteiger partial charge in [-0.25, -0.2) is 0 Å². The fraction of sp³-hybridized carbons (Fsp3) is 0.833. The molecule has 5 heteroatoms. The van der Waals surface area contributed by atoms with Gasteiger partial charge in [-0.05, 0) is 18.6 Å². The van der Waals surface area contributed by atoms with Crippen molar-refractivity contribution in [3.05, 3.63) is 0 Å². The minimum absolute atomic E-state index is 0.209. The Kier molecular flexibility index (Phi) is 8.08. The van der Waals surface area contributed by atoms with Crippen LogP contribution >= 0.6 is 12.2 Å². The maximum Gasteiger partial charge on any atom is 0.306 e. The number of aliphatic carboxylic acids is 1. The van der Waals surface area contributed by atoms with Gasteiger partial charge in [0.15, 0.2) is 5.05 Å². The van der Waals surface area contributed by atoms with Gasteiger partial charge in [-0.2, -0.15) is 0 Å². The van der Waals surface area contributed by atoms with Crippen molar-refractivity contribution in [3.8, 4) is 0 Å². The molecule has 0 spiro atoms. The second-order valence-corrected chi connectivity index (χ2v) is 4.81. The van der Waals surface area contributed by atoms with E-state index in [1.54, 1.807) is 0 Å². The Hall–Kier alpha value is -0.680. The van der Waals surface area contributed by atoms with Gasteiger partial charge in [-0.1, -0.05) is 45.4 Å². The average molecular weight is 262 g/mol. The molecule has 17 heavy (non-hydrogen) atoms. The molecule has 4 nitrogen and oxygen atoms in total. The lowest BCUT2D eigenvalue weighted by molar-refractivity contribution is -0.140. The Bertz CT molecular complexity index is 255. The largest absolute Gasteiger partial charge is 0.500 e. The summed E-state index contributed by atoms with van der Waals surface area (Å²) in [6.45, 7) is 2.13. The predicted molar refractivity (Wildman–Crippen MR) is 70.4 cm³/mol. The zero-order valence-corrected chi connectivity index (χ0v) is 11.1. The Morgan fingerprint density at radius 1 is 1.12 bits per heavy atom. The maximum atomic E-state index is 10.6. The summed E-state index contributed by atoms with van der Waals surface area (Å²) in [4.78, 5) is 10.6. The van der Waals surface area contributed by atoms with Crippen LogP contribution in [0.5, 0.6) is 0 Å². The maximum absolute atomic E-state index is 10.6. The van der Waals surface area contributed by atoms with Gasteiger partial charge in [0.1, 0.15) is 5.60 Å². The predicted octanol–water partition coefficient (Wildman–Crippen LogP) is 2.83. The average Bonchev–Trinajstić information content (AvgIpc) is 2.22. The molecule has 0 aromatic heterocycles. The Labute approximate surface area is 108 Å². The highest BCUT2D eigenvalue weighted by Crippen LogP contribution is 2.21. The number of thiocarbonyl (C=S) groups is 1. The Balaban J connectivity index is 3.93. The van der Waals surface area contributed by atoms with E-state index in [0.717, 1.165) is 19.3 Å². The molecular formula is C12H22O4S. The van der Waals surface area contributed by atoms with Gasteiger partial charge in [0.25, 0.3) is 0 Å². The highest BCUT2D eigenvalue weighted by atomic mass is 32.1. The van der Waals surface area contributed by atoms with Gasteiger partial charge in [-0.15, -0.1) is 0 Å². The normalized spacial score (nSPS) is 14.2. The number of hydrogen-bond donors (Lipinski definition) is 3. The molecule has 0 aliphatic heterocycles. The van der Waals surface area contributed by atoms with Crippen molar-refractivity contribution in [1.82, 2.24) is 0 Å².